The summed E-state index contributed by atoms with van der Waals surface area (Å²) >= 11 is 0. The van der Waals surface area contributed by atoms with Gasteiger partial charge in [-0.15, -0.1) is 13.2 Å². The largest absolute Gasteiger partial charge is 0.573 e. The van der Waals surface area contributed by atoms with E-state index in [4.69, 9.17) is 5.73 Å². The molecule has 1 aliphatic heterocycles. The molecule has 0 saturated carbocycles. The lowest BCUT2D eigenvalue weighted by molar-refractivity contribution is -0.274. The molecule has 138 valence electrons. The van der Waals surface area contributed by atoms with Crippen LogP contribution in [0.5, 0.6) is 5.75 Å². The molecule has 0 radical (unpaired) electrons. The average Bonchev–Trinajstić information content (AvgIpc) is 2.99. The van der Waals surface area contributed by atoms with Gasteiger partial charge in [0.1, 0.15) is 5.75 Å². The van der Waals surface area contributed by atoms with Gasteiger partial charge >= 0.3 is 6.36 Å². The van der Waals surface area contributed by atoms with Crippen molar-refractivity contribution >= 4 is 17.5 Å². The number of halogens is 3. The van der Waals surface area contributed by atoms with Crippen molar-refractivity contribution in [2.24, 2.45) is 5.73 Å². The van der Waals surface area contributed by atoms with Crippen molar-refractivity contribution in [3.63, 3.8) is 0 Å². The number of carbonyl (C=O) groups excluding carboxylic acids is 2. The molecule has 1 unspecified atom stereocenters. The lowest BCUT2D eigenvalue weighted by Gasteiger charge is -2.20. The van der Waals surface area contributed by atoms with Crippen LogP contribution in [0.1, 0.15) is 6.42 Å². The zero-order chi connectivity index (χ0) is 18.4. The van der Waals surface area contributed by atoms with Gasteiger partial charge in [0, 0.05) is 30.9 Å². The highest BCUT2D eigenvalue weighted by Gasteiger charge is 2.31. The van der Waals surface area contributed by atoms with Crippen LogP contribution in [-0.4, -0.2) is 50.4 Å². The second-order valence-corrected chi connectivity index (χ2v) is 5.53. The van der Waals surface area contributed by atoms with Crippen LogP contribution in [0.2, 0.25) is 0 Å². The molecule has 0 spiro atoms. The number of amides is 2. The Balaban J connectivity index is 1.87. The number of carbonyl (C=O) groups is 2. The first kappa shape index (κ1) is 18.8. The molecule has 1 aromatic carbocycles. The molecular weight excluding hydrogens is 341 g/mol. The third-order valence-corrected chi connectivity index (χ3v) is 3.60. The number of rotatable bonds is 6. The zero-order valence-electron chi connectivity index (χ0n) is 13.3. The number of nitrogens with two attached hydrogens (primary N) is 1. The molecule has 1 aliphatic rings. The molecular formula is C15H19F3N4O3. The number of ether oxygens (including phenoxy) is 1. The fourth-order valence-corrected chi connectivity index (χ4v) is 2.52. The highest BCUT2D eigenvalue weighted by atomic mass is 19.4. The Morgan fingerprint density at radius 2 is 2.08 bits per heavy atom. The van der Waals surface area contributed by atoms with E-state index in [0.29, 0.717) is 25.2 Å². The lowest BCUT2D eigenvalue weighted by atomic mass is 10.2. The van der Waals surface area contributed by atoms with E-state index in [1.54, 1.807) is 6.07 Å². The summed E-state index contributed by atoms with van der Waals surface area (Å²) in [5.41, 5.74) is 5.70. The maximum absolute atomic E-state index is 12.3. The van der Waals surface area contributed by atoms with Gasteiger partial charge in [0.2, 0.25) is 11.8 Å². The van der Waals surface area contributed by atoms with Gasteiger partial charge in [-0.1, -0.05) is 6.07 Å². The molecule has 1 heterocycles. The van der Waals surface area contributed by atoms with Gasteiger partial charge in [-0.05, 0) is 18.6 Å². The van der Waals surface area contributed by atoms with E-state index in [1.807, 2.05) is 4.90 Å². The maximum atomic E-state index is 12.3. The van der Waals surface area contributed by atoms with Crippen LogP contribution >= 0.6 is 0 Å². The topological polar surface area (TPSA) is 96.7 Å². The molecule has 1 fully saturated rings. The fourth-order valence-electron chi connectivity index (χ4n) is 2.52. The van der Waals surface area contributed by atoms with E-state index in [-0.39, 0.29) is 30.8 Å². The van der Waals surface area contributed by atoms with E-state index < -0.39 is 12.3 Å². The van der Waals surface area contributed by atoms with E-state index in [1.165, 1.54) is 18.2 Å². The Bertz CT molecular complexity index is 624. The minimum absolute atomic E-state index is 0.158. The van der Waals surface area contributed by atoms with E-state index >= 15 is 0 Å². The van der Waals surface area contributed by atoms with Crippen molar-refractivity contribution in [2.45, 2.75) is 18.8 Å². The Hall–Kier alpha value is -2.49. The predicted molar refractivity (Wildman–Crippen MR) is 83.9 cm³/mol. The third-order valence-electron chi connectivity index (χ3n) is 3.60. The molecule has 0 aliphatic carbocycles. The minimum atomic E-state index is -4.74. The summed E-state index contributed by atoms with van der Waals surface area (Å²) in [5.74, 6) is -1.06. The van der Waals surface area contributed by atoms with Crippen molar-refractivity contribution < 1.29 is 27.5 Å². The Kier molecular flexibility index (Phi) is 6.07. The van der Waals surface area contributed by atoms with Crippen LogP contribution in [0, 0.1) is 0 Å². The number of alkyl halides is 3. The number of nitrogens with zero attached hydrogens (tertiary/aromatic N) is 1. The van der Waals surface area contributed by atoms with Crippen molar-refractivity contribution in [1.29, 1.82) is 0 Å². The molecule has 2 rings (SSSR count). The van der Waals surface area contributed by atoms with E-state index in [0.717, 1.165) is 0 Å². The molecule has 10 heteroatoms. The normalized spacial score (nSPS) is 17.3. The molecule has 1 atom stereocenters. The van der Waals surface area contributed by atoms with Crippen LogP contribution in [0.3, 0.4) is 0 Å². The van der Waals surface area contributed by atoms with Crippen LogP contribution in [-0.2, 0) is 9.59 Å². The summed E-state index contributed by atoms with van der Waals surface area (Å²) in [6.07, 6.45) is -4.10. The number of hydrogen-bond donors (Lipinski definition) is 3. The van der Waals surface area contributed by atoms with Gasteiger partial charge in [0.15, 0.2) is 0 Å². The van der Waals surface area contributed by atoms with Gasteiger partial charge in [0.25, 0.3) is 0 Å². The fraction of sp³-hybridized carbons (Fsp3) is 0.467. The molecule has 2 amide bonds. The highest BCUT2D eigenvalue weighted by Crippen LogP contribution is 2.28. The quantitative estimate of drug-likeness (QED) is 0.681. The smallest absolute Gasteiger partial charge is 0.406 e. The summed E-state index contributed by atoms with van der Waals surface area (Å²) in [6, 6.07) is 5.53. The number of nitrogens with one attached hydrogen (secondary N) is 2. The zero-order valence-corrected chi connectivity index (χ0v) is 13.3. The predicted octanol–water partition coefficient (Wildman–Crippen LogP) is 0.355. The second-order valence-electron chi connectivity index (χ2n) is 5.53. The summed E-state index contributed by atoms with van der Waals surface area (Å²) in [7, 11) is 0. The van der Waals surface area contributed by atoms with Crippen molar-refractivity contribution in [3.05, 3.63) is 24.3 Å². The monoisotopic (exact) mass is 360 g/mol. The number of hydrogen-bond acceptors (Lipinski definition) is 5. The van der Waals surface area contributed by atoms with Gasteiger partial charge in [0.05, 0.1) is 13.1 Å². The Morgan fingerprint density at radius 3 is 2.76 bits per heavy atom. The Labute approximate surface area is 142 Å². The van der Waals surface area contributed by atoms with Gasteiger partial charge in [-0.2, -0.15) is 0 Å². The molecule has 7 nitrogen and oxygen atoms in total. The van der Waals surface area contributed by atoms with Crippen molar-refractivity contribution in [3.8, 4) is 5.75 Å². The van der Waals surface area contributed by atoms with Crippen molar-refractivity contribution in [2.75, 3.05) is 31.1 Å². The maximum Gasteiger partial charge on any atom is 0.573 e. The minimum Gasteiger partial charge on any atom is -0.406 e. The standard InChI is InChI=1S/C15H19F3N4O3/c16-15(17,18)25-12-3-1-2-11(6-12)22-5-4-10(9-22)21-14(24)8-20-13(23)7-19/h1-3,6,10H,4-5,7-9,19H2,(H,20,23)(H,21,24). The molecule has 4 N–H and O–H groups in total. The van der Waals surface area contributed by atoms with Crippen LogP contribution in [0.15, 0.2) is 24.3 Å². The van der Waals surface area contributed by atoms with E-state index in [2.05, 4.69) is 15.4 Å². The van der Waals surface area contributed by atoms with Gasteiger partial charge in [-0.25, -0.2) is 0 Å². The first-order valence-electron chi connectivity index (χ1n) is 7.63. The SMILES string of the molecule is NCC(=O)NCC(=O)NC1CCN(c2cccc(OC(F)(F)F)c2)C1. The van der Waals surface area contributed by atoms with Crippen LogP contribution < -0.4 is 26.0 Å². The van der Waals surface area contributed by atoms with Crippen molar-refractivity contribution in [1.82, 2.24) is 10.6 Å². The average molecular weight is 360 g/mol. The van der Waals surface area contributed by atoms with Crippen LogP contribution in [0.4, 0.5) is 18.9 Å². The molecule has 25 heavy (non-hydrogen) atoms. The van der Waals surface area contributed by atoms with Crippen LogP contribution in [0.25, 0.3) is 0 Å². The third kappa shape index (κ3) is 6.14. The van der Waals surface area contributed by atoms with E-state index in [9.17, 15) is 22.8 Å². The summed E-state index contributed by atoms with van der Waals surface area (Å²) < 4.78 is 40.8. The molecule has 0 aromatic heterocycles. The number of benzene rings is 1. The summed E-state index contributed by atoms with van der Waals surface area (Å²) in [5, 5.41) is 5.13. The molecule has 1 aromatic rings. The number of anilines is 1. The molecule has 0 bridgehead atoms. The Morgan fingerprint density at radius 1 is 1.32 bits per heavy atom. The van der Waals surface area contributed by atoms with Gasteiger partial charge in [-0.3, -0.25) is 9.59 Å². The summed E-state index contributed by atoms with van der Waals surface area (Å²) in [6.45, 7) is 0.671. The first-order valence-corrected chi connectivity index (χ1v) is 7.63. The second kappa shape index (κ2) is 8.06. The lowest BCUT2D eigenvalue weighted by Crippen LogP contribution is -2.44. The van der Waals surface area contributed by atoms with Gasteiger partial charge < -0.3 is 26.0 Å². The molecule has 1 saturated heterocycles. The summed E-state index contributed by atoms with van der Waals surface area (Å²) in [4.78, 5) is 24.6. The first-order chi connectivity index (χ1) is 11.8. The highest BCUT2D eigenvalue weighted by molar-refractivity contribution is 5.85.